The summed E-state index contributed by atoms with van der Waals surface area (Å²) in [4.78, 5) is 12.0. The first kappa shape index (κ1) is 17.4. The van der Waals surface area contributed by atoms with Crippen molar-refractivity contribution in [2.24, 2.45) is 5.92 Å². The lowest BCUT2D eigenvalue weighted by molar-refractivity contribution is -0.124. The van der Waals surface area contributed by atoms with Crippen LogP contribution in [0.4, 0.5) is 4.39 Å². The predicted octanol–water partition coefficient (Wildman–Crippen LogP) is 2.62. The van der Waals surface area contributed by atoms with E-state index in [2.05, 4.69) is 20.6 Å². The fraction of sp³-hybridized carbons (Fsp3) is 0.368. The summed E-state index contributed by atoms with van der Waals surface area (Å²) in [6, 6.07) is 9.53. The van der Waals surface area contributed by atoms with Gasteiger partial charge in [-0.05, 0) is 31.0 Å². The van der Waals surface area contributed by atoms with Gasteiger partial charge in [0.25, 0.3) is 0 Å². The van der Waals surface area contributed by atoms with E-state index in [1.807, 2.05) is 0 Å². The van der Waals surface area contributed by atoms with E-state index in [-0.39, 0.29) is 17.6 Å². The maximum absolute atomic E-state index is 13.5. The predicted molar refractivity (Wildman–Crippen MR) is 96.6 cm³/mol. The van der Waals surface area contributed by atoms with E-state index >= 15 is 0 Å². The Labute approximate surface area is 155 Å². The lowest BCUT2D eigenvalue weighted by Crippen LogP contribution is -2.32. The zero-order valence-corrected chi connectivity index (χ0v) is 14.8. The zero-order valence-electron chi connectivity index (χ0n) is 14.8. The second-order valence-corrected chi connectivity index (χ2v) is 6.60. The Morgan fingerprint density at radius 1 is 1.22 bits per heavy atom. The number of ether oxygens (including phenoxy) is 1. The van der Waals surface area contributed by atoms with Gasteiger partial charge in [-0.3, -0.25) is 4.79 Å². The Kier molecular flexibility index (Phi) is 4.95. The molecular weight excluding hydrogens is 349 g/mol. The van der Waals surface area contributed by atoms with Crippen LogP contribution in [0.5, 0.6) is 5.88 Å². The summed E-state index contributed by atoms with van der Waals surface area (Å²) in [6.07, 6.45) is 4.21. The average molecular weight is 369 g/mol. The molecule has 1 aliphatic carbocycles. The first-order chi connectivity index (χ1) is 13.2. The number of nitrogens with zero attached hydrogens (tertiary/aromatic N) is 4. The molecule has 2 aromatic heterocycles. The number of amides is 1. The average Bonchev–Trinajstić information content (AvgIpc) is 3.34. The van der Waals surface area contributed by atoms with Gasteiger partial charge in [-0.2, -0.15) is 4.52 Å². The Morgan fingerprint density at radius 3 is 2.89 bits per heavy atom. The molecule has 0 bridgehead atoms. The van der Waals surface area contributed by atoms with Gasteiger partial charge in [-0.25, -0.2) is 4.39 Å². The summed E-state index contributed by atoms with van der Waals surface area (Å²) in [6.45, 7) is 0.738. The first-order valence-electron chi connectivity index (χ1n) is 9.09. The molecule has 4 rings (SSSR count). The number of aromatic nitrogens is 4. The van der Waals surface area contributed by atoms with Crippen molar-refractivity contribution in [2.75, 3.05) is 13.2 Å². The fourth-order valence-corrected chi connectivity index (χ4v) is 3.32. The molecule has 1 saturated carbocycles. The molecule has 1 amide bonds. The lowest BCUT2D eigenvalue weighted by atomic mass is 10.1. The van der Waals surface area contributed by atoms with Gasteiger partial charge in [0.05, 0.1) is 6.54 Å². The van der Waals surface area contributed by atoms with E-state index in [9.17, 15) is 9.18 Å². The second-order valence-electron chi connectivity index (χ2n) is 6.60. The molecule has 27 heavy (non-hydrogen) atoms. The van der Waals surface area contributed by atoms with Gasteiger partial charge in [0.1, 0.15) is 12.4 Å². The normalized spacial score (nSPS) is 14.6. The van der Waals surface area contributed by atoms with E-state index in [1.54, 1.807) is 24.3 Å². The standard InChI is InChI=1S/C19H20FN5O2/c20-15-7-3-6-14(12-15)18-23-22-16-8-9-17(24-25(16)18)27-11-10-21-19(26)13-4-1-2-5-13/h3,6-9,12-13H,1-2,4-5,10-11H2,(H,21,26). The molecule has 0 aliphatic heterocycles. The van der Waals surface area contributed by atoms with Crippen LogP contribution >= 0.6 is 0 Å². The molecular formula is C19H20FN5O2. The van der Waals surface area contributed by atoms with Crippen LogP contribution in [-0.2, 0) is 4.79 Å². The highest BCUT2D eigenvalue weighted by Gasteiger charge is 2.22. The number of nitrogens with one attached hydrogen (secondary N) is 1. The topological polar surface area (TPSA) is 81.4 Å². The molecule has 8 heteroatoms. The zero-order chi connectivity index (χ0) is 18.6. The Hall–Kier alpha value is -3.03. The molecule has 0 saturated heterocycles. The highest BCUT2D eigenvalue weighted by atomic mass is 19.1. The first-order valence-corrected chi connectivity index (χ1v) is 9.09. The van der Waals surface area contributed by atoms with Gasteiger partial charge in [-0.15, -0.1) is 15.3 Å². The number of hydrogen-bond donors (Lipinski definition) is 1. The number of benzene rings is 1. The third-order valence-corrected chi connectivity index (χ3v) is 4.70. The van der Waals surface area contributed by atoms with Crippen LogP contribution < -0.4 is 10.1 Å². The van der Waals surface area contributed by atoms with Crippen LogP contribution in [0.25, 0.3) is 17.0 Å². The number of hydrogen-bond acceptors (Lipinski definition) is 5. The Morgan fingerprint density at radius 2 is 2.07 bits per heavy atom. The number of halogens is 1. The molecule has 7 nitrogen and oxygen atoms in total. The summed E-state index contributed by atoms with van der Waals surface area (Å²) >= 11 is 0. The second kappa shape index (κ2) is 7.69. The van der Waals surface area contributed by atoms with Crippen molar-refractivity contribution in [1.29, 1.82) is 0 Å². The van der Waals surface area contributed by atoms with Gasteiger partial charge in [0.2, 0.25) is 11.8 Å². The molecule has 0 unspecified atom stereocenters. The van der Waals surface area contributed by atoms with Crippen molar-refractivity contribution >= 4 is 11.6 Å². The molecule has 0 atom stereocenters. The van der Waals surface area contributed by atoms with Crippen LogP contribution in [0.15, 0.2) is 36.4 Å². The van der Waals surface area contributed by atoms with E-state index in [0.717, 1.165) is 25.7 Å². The maximum atomic E-state index is 13.5. The number of fused-ring (bicyclic) bond motifs is 1. The highest BCUT2D eigenvalue weighted by Crippen LogP contribution is 2.24. The summed E-state index contributed by atoms with van der Waals surface area (Å²) in [7, 11) is 0. The molecule has 1 N–H and O–H groups in total. The van der Waals surface area contributed by atoms with Crippen LogP contribution in [0.1, 0.15) is 25.7 Å². The molecule has 3 aromatic rings. The van der Waals surface area contributed by atoms with Gasteiger partial charge in [-0.1, -0.05) is 25.0 Å². The number of carbonyl (C=O) groups excluding carboxylic acids is 1. The fourth-order valence-electron chi connectivity index (χ4n) is 3.32. The minimum absolute atomic E-state index is 0.103. The van der Waals surface area contributed by atoms with Gasteiger partial charge in [0, 0.05) is 17.5 Å². The van der Waals surface area contributed by atoms with Crippen LogP contribution in [0.3, 0.4) is 0 Å². The minimum atomic E-state index is -0.352. The highest BCUT2D eigenvalue weighted by molar-refractivity contribution is 5.78. The van der Waals surface area contributed by atoms with Crippen LogP contribution in [0, 0.1) is 11.7 Å². The molecule has 0 spiro atoms. The summed E-state index contributed by atoms with van der Waals surface area (Å²) in [5.74, 6) is 0.714. The third-order valence-electron chi connectivity index (χ3n) is 4.70. The summed E-state index contributed by atoms with van der Waals surface area (Å²) in [5, 5.41) is 15.4. The van der Waals surface area contributed by atoms with Crippen molar-refractivity contribution in [2.45, 2.75) is 25.7 Å². The Bertz CT molecular complexity index is 952. The lowest BCUT2D eigenvalue weighted by Gasteiger charge is -2.11. The van der Waals surface area contributed by atoms with Crippen LogP contribution in [-0.4, -0.2) is 38.9 Å². The van der Waals surface area contributed by atoms with Crippen molar-refractivity contribution < 1.29 is 13.9 Å². The largest absolute Gasteiger partial charge is 0.475 e. The number of carbonyl (C=O) groups is 1. The van der Waals surface area contributed by atoms with E-state index in [1.165, 1.54) is 16.6 Å². The molecule has 0 radical (unpaired) electrons. The van der Waals surface area contributed by atoms with Crippen molar-refractivity contribution in [1.82, 2.24) is 25.1 Å². The van der Waals surface area contributed by atoms with Gasteiger partial charge in [0.15, 0.2) is 11.5 Å². The van der Waals surface area contributed by atoms with Crippen molar-refractivity contribution in [3.05, 3.63) is 42.2 Å². The molecule has 140 valence electrons. The molecule has 1 aliphatic rings. The van der Waals surface area contributed by atoms with Crippen LogP contribution in [0.2, 0.25) is 0 Å². The maximum Gasteiger partial charge on any atom is 0.231 e. The minimum Gasteiger partial charge on any atom is -0.475 e. The van der Waals surface area contributed by atoms with Crippen molar-refractivity contribution in [3.63, 3.8) is 0 Å². The third kappa shape index (κ3) is 3.89. The van der Waals surface area contributed by atoms with E-state index < -0.39 is 0 Å². The molecule has 1 fully saturated rings. The monoisotopic (exact) mass is 369 g/mol. The summed E-state index contributed by atoms with van der Waals surface area (Å²) < 4.78 is 20.6. The smallest absolute Gasteiger partial charge is 0.231 e. The number of rotatable bonds is 6. The van der Waals surface area contributed by atoms with Crippen molar-refractivity contribution in [3.8, 4) is 17.3 Å². The molecule has 1 aromatic carbocycles. The van der Waals surface area contributed by atoms with E-state index in [4.69, 9.17) is 4.74 Å². The quantitative estimate of drug-likeness (QED) is 0.676. The molecule has 2 heterocycles. The Balaban J connectivity index is 1.41. The van der Waals surface area contributed by atoms with Gasteiger partial charge < -0.3 is 10.1 Å². The SMILES string of the molecule is O=C(NCCOc1ccc2nnc(-c3cccc(F)c3)n2n1)C1CCCC1. The van der Waals surface area contributed by atoms with E-state index in [0.29, 0.717) is 36.1 Å². The van der Waals surface area contributed by atoms with Gasteiger partial charge >= 0.3 is 0 Å². The summed E-state index contributed by atoms with van der Waals surface area (Å²) in [5.41, 5.74) is 1.12.